The van der Waals surface area contributed by atoms with E-state index in [4.69, 9.17) is 20.0 Å². The van der Waals surface area contributed by atoms with Crippen molar-refractivity contribution >= 4 is 155 Å². The number of carboxylic acids is 4. The summed E-state index contributed by atoms with van der Waals surface area (Å²) in [6, 6.07) is 7.01. The molecule has 1 aliphatic heterocycles. The van der Waals surface area contributed by atoms with E-state index >= 15 is 0 Å². The molecule has 9 rings (SSSR count). The summed E-state index contributed by atoms with van der Waals surface area (Å²) in [6.45, 7) is 9.21. The highest BCUT2D eigenvalue weighted by Crippen LogP contribution is 2.29. The number of nitrogens with one attached hydrogen (secondary N) is 15. The molecular weight excluding hydrogens is 2010 g/mol. The van der Waals surface area contributed by atoms with Crippen molar-refractivity contribution < 1.29 is 138 Å². The van der Waals surface area contributed by atoms with E-state index in [2.05, 4.69) is 117 Å². The molecule has 147 heavy (non-hydrogen) atoms. The van der Waals surface area contributed by atoms with Gasteiger partial charge in [0, 0.05) is 208 Å². The molecule has 9 amide bonds. The third-order valence-electron chi connectivity index (χ3n) is 22.8. The molecule has 4 aromatic heterocycles. The summed E-state index contributed by atoms with van der Waals surface area (Å²) >= 11 is 0.738. The molecule has 0 bridgehead atoms. The van der Waals surface area contributed by atoms with Crippen molar-refractivity contribution in [3.05, 3.63) is 131 Å². The number of aryl methyl sites for hydroxylation is 6. The van der Waals surface area contributed by atoms with Crippen LogP contribution in [-0.2, 0) is 105 Å². The van der Waals surface area contributed by atoms with Gasteiger partial charge in [0.2, 0.25) is 61.4 Å². The Balaban J connectivity index is 0.743. The van der Waals surface area contributed by atoms with Gasteiger partial charge in [0.15, 0.2) is 11.9 Å². The number of aromatic amines is 2. The highest BCUT2D eigenvalue weighted by Gasteiger charge is 2.35. The molecular formula is C89H125N25O29S4. The number of aliphatic carboxylic acids is 4. The molecule has 54 nitrogen and oxygen atoms in total. The van der Waals surface area contributed by atoms with Crippen molar-refractivity contribution in [2.24, 2.45) is 0 Å². The van der Waals surface area contributed by atoms with Crippen molar-refractivity contribution in [3.8, 4) is 11.5 Å². The fourth-order valence-corrected chi connectivity index (χ4v) is 19.8. The lowest BCUT2D eigenvalue weighted by molar-refractivity contribution is -0.432. The molecule has 5 heterocycles. The van der Waals surface area contributed by atoms with Gasteiger partial charge in [0.05, 0.1) is 77.6 Å². The fraction of sp³-hybridized carbons (Fsp3) is 0.494. The van der Waals surface area contributed by atoms with Crippen molar-refractivity contribution in [2.75, 3.05) is 166 Å². The van der Waals surface area contributed by atoms with Crippen molar-refractivity contribution in [3.63, 3.8) is 0 Å². The summed E-state index contributed by atoms with van der Waals surface area (Å²) < 4.78 is 84.1. The molecule has 5 atom stereocenters. The number of carbonyl (C=O) groups excluding carboxylic acids is 9. The molecule has 1 aliphatic rings. The van der Waals surface area contributed by atoms with Crippen molar-refractivity contribution in [1.29, 1.82) is 0 Å². The molecule has 0 saturated carbocycles. The predicted octanol–water partition coefficient (Wildman–Crippen LogP) is -0.340. The van der Waals surface area contributed by atoms with E-state index in [9.17, 15) is 99.6 Å². The molecule has 0 spiro atoms. The number of carbonyl (C=O) groups is 13. The highest BCUT2D eigenvalue weighted by molar-refractivity contribution is 7.94. The zero-order chi connectivity index (χ0) is 107. The summed E-state index contributed by atoms with van der Waals surface area (Å²) in [5.41, 5.74) is 2.61. The van der Waals surface area contributed by atoms with Crippen LogP contribution in [0.2, 0.25) is 0 Å². The van der Waals surface area contributed by atoms with E-state index in [1.54, 1.807) is 97.6 Å². The smallest absolute Gasteiger partial charge is 0.323 e. The Morgan fingerprint density at radius 3 is 1.22 bits per heavy atom. The number of rotatable bonds is 64. The summed E-state index contributed by atoms with van der Waals surface area (Å²) in [6.07, 6.45) is 10.2. The van der Waals surface area contributed by atoms with Gasteiger partial charge in [-0.1, -0.05) is 17.0 Å². The minimum absolute atomic E-state index is 0.0369. The number of carboxylic acid groups (broad SMARTS) is 4. The minimum atomic E-state index is -4.54. The van der Waals surface area contributed by atoms with E-state index in [0.29, 0.717) is 112 Å². The lowest BCUT2D eigenvalue weighted by atomic mass is 10.1. The largest absolute Gasteiger partial charge is 0.494 e. The molecule has 1 saturated heterocycles. The second-order valence-electron chi connectivity index (χ2n) is 33.9. The Bertz CT molecular complexity index is 5940. The van der Waals surface area contributed by atoms with Gasteiger partial charge in [-0.15, -0.1) is 8.67 Å². The van der Waals surface area contributed by atoms with Crippen LogP contribution in [0.25, 0.3) is 21.8 Å². The quantitative estimate of drug-likeness (QED) is 0.0100. The number of sulfonamides is 2. The second-order valence-corrected chi connectivity index (χ2v) is 38.6. The van der Waals surface area contributed by atoms with Gasteiger partial charge < -0.3 is 103 Å². The standard InChI is InChI=1S/C89H125N25O29S4/c1-6-109-31-33-110(35-36-112(53-78(121)122)38-37-111(34-32-109)52-77(119)120)51-76(118)104-66(85(127)106-70(55-145-143-141-133)84(126)93-24-22-91-74(116)12-8-40-139-65-43-58(4)80(59(5)44-65)147(136,137)108-68(87(130)131)50-101-82(124)61-14-17-72-63(46-61)48-103-114(72)30-10-20-95-89-98-27-28-99-89)15-18-75(117)105-69(54-144-142-140-132)83(125)92-23-21-90-73(115)11-7-39-138-64-41-56(2)79(57(3)42-64)146(134,135)107-67(86(128)129)49-100-81(123)60-13-16-71-62(45-60)47-102-113(71)29-9-19-94-88-96-25-26-97-88/h13-14,16-17,25-28,41-48,66-70,107-108,132-133H,6-12,15,18-24,29-40,49-55H2,1-5H3,(H,90,115)(H,91,116)(H,92,125)(H,93,126)(H,100,123)(H,101,124)(H,104,118)(H,105,117)(H,106,127)(H,119,120)(H,121,122)(H,128,129)(H,130,131)(H2,94,96,97)(H2,95,98,99)/t66-,67-,68-,69-,70-/m0/s1. The van der Waals surface area contributed by atoms with E-state index in [0.717, 1.165) is 11.0 Å². The molecule has 804 valence electrons. The van der Waals surface area contributed by atoms with Crippen molar-refractivity contribution in [2.45, 2.75) is 139 Å². The third kappa shape index (κ3) is 39.4. The van der Waals surface area contributed by atoms with Crippen LogP contribution < -0.4 is 77.4 Å². The van der Waals surface area contributed by atoms with Crippen LogP contribution in [0.3, 0.4) is 0 Å². The average Bonchev–Trinajstić information content (AvgIpc) is 1.65. The molecule has 21 N–H and O–H groups in total. The van der Waals surface area contributed by atoms with Gasteiger partial charge in [-0.25, -0.2) is 37.3 Å². The van der Waals surface area contributed by atoms with Gasteiger partial charge in [-0.3, -0.25) is 86.4 Å². The zero-order valence-corrected chi connectivity index (χ0v) is 84.6. The molecule has 4 aromatic carbocycles. The Kier molecular flexibility index (Phi) is 47.9. The molecule has 8 aromatic rings. The molecule has 0 aliphatic carbocycles. The number of ether oxygens (including phenoxy) is 2. The average molecular weight is 2140 g/mol. The van der Waals surface area contributed by atoms with Gasteiger partial charge in [0.25, 0.3) is 11.8 Å². The first-order valence-corrected chi connectivity index (χ1v) is 51.6. The van der Waals surface area contributed by atoms with E-state index in [1.807, 2.05) is 11.8 Å². The van der Waals surface area contributed by atoms with Crippen LogP contribution in [0, 0.1) is 27.7 Å². The lowest BCUT2D eigenvalue weighted by Gasteiger charge is -2.33. The summed E-state index contributed by atoms with van der Waals surface area (Å²) in [5.74, 6) is -11.3. The number of likely N-dealkylation sites (N-methyl/N-ethyl adjacent to an activating group) is 1. The highest BCUT2D eigenvalue weighted by atomic mass is 32.2. The van der Waals surface area contributed by atoms with E-state index in [-0.39, 0.29) is 159 Å². The van der Waals surface area contributed by atoms with Crippen LogP contribution in [0.1, 0.15) is 101 Å². The number of hydrogen-bond acceptors (Lipinski definition) is 37. The number of aromatic nitrogens is 8. The van der Waals surface area contributed by atoms with Crippen molar-refractivity contribution in [1.82, 2.24) is 116 Å². The Morgan fingerprint density at radius 2 is 0.837 bits per heavy atom. The van der Waals surface area contributed by atoms with Gasteiger partial charge in [-0.2, -0.15) is 19.6 Å². The van der Waals surface area contributed by atoms with Gasteiger partial charge in [-0.05, 0) is 149 Å². The molecule has 1 fully saturated rings. The first-order chi connectivity index (χ1) is 70.4. The Labute approximate surface area is 853 Å². The SMILES string of the molecule is CCN1CCN(CC(=O)O)CCN(CC(=O)O)CCN(CC(=O)N[C@@H](CCC(=O)N[C@@H](CSOOO)C(=O)NCCNC(=O)CCCOc2cc(C)c(S(=O)(=O)N[C@@H](CNC(=O)c3ccc4c(cnn4CCCNc4ncc[nH]4)c3)C(=O)O)c(C)c2)C(=O)N[C@@H](CSOOO)C(=O)NCCNC(=O)CCCOc2cc(C)c(S(=O)(=O)N[C@@H](CNC(=O)c3ccc4c(cnn4CCCNc4ncc[nH]4)c3)C(=O)O)c(C)c2)CC1. The normalized spacial score (nSPS) is 14.2. The summed E-state index contributed by atoms with van der Waals surface area (Å²) in [7, 11) is -9.08. The lowest BCUT2D eigenvalue weighted by Crippen LogP contribution is -2.56. The monoisotopic (exact) mass is 2140 g/mol. The van der Waals surface area contributed by atoms with Crippen LogP contribution >= 0.6 is 24.1 Å². The number of anilines is 2. The fourth-order valence-electron chi connectivity index (χ4n) is 15.6. The summed E-state index contributed by atoms with van der Waals surface area (Å²) in [4.78, 5) is 193. The van der Waals surface area contributed by atoms with Gasteiger partial charge >= 0.3 is 23.9 Å². The third-order valence-corrected chi connectivity index (χ3v) is 27.6. The first-order valence-electron chi connectivity index (χ1n) is 46.8. The van der Waals surface area contributed by atoms with Crippen LogP contribution in [0.5, 0.6) is 11.5 Å². The van der Waals surface area contributed by atoms with E-state index in [1.165, 1.54) is 52.0 Å². The number of H-pyrrole nitrogens is 2. The first kappa shape index (κ1) is 117. The second kappa shape index (κ2) is 60.1. The molecule has 0 unspecified atom stereocenters. The summed E-state index contributed by atoms with van der Waals surface area (Å²) in [5, 5.41) is 105. The minimum Gasteiger partial charge on any atom is -0.494 e. The number of amides is 9. The Morgan fingerprint density at radius 1 is 0.442 bits per heavy atom. The van der Waals surface area contributed by atoms with E-state index < -0.39 is 178 Å². The maximum atomic E-state index is 14.6. The number of nitrogens with zero attached hydrogens (tertiary/aromatic N) is 10. The van der Waals surface area contributed by atoms with Gasteiger partial charge in [0.1, 0.15) is 41.7 Å². The number of fused-ring (bicyclic) bond motifs is 2. The number of hydrogen-bond donors (Lipinski definition) is 21. The maximum absolute atomic E-state index is 14.6. The molecule has 0 radical (unpaired) electrons. The number of imidazole rings is 2. The predicted molar refractivity (Wildman–Crippen MR) is 531 cm³/mol. The Hall–Kier alpha value is -13.3. The zero-order valence-electron chi connectivity index (χ0n) is 81.3. The topological polar surface area (TPSA) is 729 Å². The van der Waals surface area contributed by atoms with Crippen LogP contribution in [-0.4, -0.2) is 370 Å². The molecule has 58 heteroatoms. The van der Waals surface area contributed by atoms with Crippen LogP contribution in [0.4, 0.5) is 11.9 Å². The van der Waals surface area contributed by atoms with Crippen LogP contribution in [0.15, 0.2) is 108 Å². The number of benzene rings is 4. The maximum Gasteiger partial charge on any atom is 0.323 e.